The number of likely N-dealkylation sites (tertiary alicyclic amines) is 1. The van der Waals surface area contributed by atoms with E-state index in [4.69, 9.17) is 0 Å². The number of aromatic nitrogens is 3. The van der Waals surface area contributed by atoms with Crippen LogP contribution in [0.15, 0.2) is 0 Å². The number of nitrogens with one attached hydrogen (secondary N) is 1. The second-order valence-corrected chi connectivity index (χ2v) is 6.20. The molecule has 0 atom stereocenters. The molecule has 2 heterocycles. The zero-order chi connectivity index (χ0) is 14.7. The molecule has 0 spiro atoms. The molecule has 1 amide bonds. The fourth-order valence-corrected chi connectivity index (χ4v) is 2.60. The summed E-state index contributed by atoms with van der Waals surface area (Å²) in [6.45, 7) is 6.77. The summed E-state index contributed by atoms with van der Waals surface area (Å²) in [5.74, 6) is 1.98. The molecule has 0 aliphatic carbocycles. The number of hydrogen-bond acceptors (Lipinski definition) is 4. The van der Waals surface area contributed by atoms with Gasteiger partial charge in [0.1, 0.15) is 5.82 Å². The van der Waals surface area contributed by atoms with Crippen LogP contribution in [0.2, 0.25) is 0 Å². The van der Waals surface area contributed by atoms with E-state index in [2.05, 4.69) is 34.2 Å². The molecule has 2 rings (SSSR count). The summed E-state index contributed by atoms with van der Waals surface area (Å²) < 4.78 is 0. The van der Waals surface area contributed by atoms with Crippen molar-refractivity contribution in [2.75, 3.05) is 33.7 Å². The molecule has 0 bridgehead atoms. The zero-order valence-corrected chi connectivity index (χ0v) is 12.9. The van der Waals surface area contributed by atoms with E-state index in [1.165, 1.54) is 0 Å². The predicted octanol–water partition coefficient (Wildman–Crippen LogP) is 1.34. The lowest BCUT2D eigenvalue weighted by Gasteiger charge is -2.32. The Morgan fingerprint density at radius 1 is 1.40 bits per heavy atom. The smallest absolute Gasteiger partial charge is 0.293 e. The standard InChI is InChI=1S/C14H25N5O/c1-10(2)12-15-13(17-16-12)14(20)19-7-5-11(6-8-19)9-18(3)4/h10-11H,5-9H2,1-4H3,(H,15,16,17). The van der Waals surface area contributed by atoms with E-state index in [9.17, 15) is 4.79 Å². The van der Waals surface area contributed by atoms with Gasteiger partial charge in [0.05, 0.1) is 0 Å². The first-order valence-electron chi connectivity index (χ1n) is 7.33. The molecule has 1 aliphatic heterocycles. The summed E-state index contributed by atoms with van der Waals surface area (Å²) in [7, 11) is 4.19. The molecule has 6 nitrogen and oxygen atoms in total. The Bertz CT molecular complexity index is 446. The number of H-pyrrole nitrogens is 1. The van der Waals surface area contributed by atoms with Crippen LogP contribution in [-0.2, 0) is 0 Å². The predicted molar refractivity (Wildman–Crippen MR) is 77.7 cm³/mol. The fraction of sp³-hybridized carbons (Fsp3) is 0.786. The summed E-state index contributed by atoms with van der Waals surface area (Å²) in [6.07, 6.45) is 2.12. The van der Waals surface area contributed by atoms with Gasteiger partial charge in [0.25, 0.3) is 5.91 Å². The van der Waals surface area contributed by atoms with Crippen LogP contribution in [0.1, 0.15) is 49.1 Å². The monoisotopic (exact) mass is 279 g/mol. The lowest BCUT2D eigenvalue weighted by molar-refractivity contribution is 0.0666. The maximum absolute atomic E-state index is 12.3. The molecule has 1 fully saturated rings. The van der Waals surface area contributed by atoms with Gasteiger partial charge in [-0.15, -0.1) is 5.10 Å². The third-order valence-electron chi connectivity index (χ3n) is 3.77. The van der Waals surface area contributed by atoms with Gasteiger partial charge < -0.3 is 9.80 Å². The van der Waals surface area contributed by atoms with Crippen LogP contribution in [0.5, 0.6) is 0 Å². The first kappa shape index (κ1) is 15.0. The number of carbonyl (C=O) groups excluding carboxylic acids is 1. The van der Waals surface area contributed by atoms with E-state index >= 15 is 0 Å². The summed E-state index contributed by atoms with van der Waals surface area (Å²) in [4.78, 5) is 20.7. The molecule has 20 heavy (non-hydrogen) atoms. The molecule has 6 heteroatoms. The summed E-state index contributed by atoms with van der Waals surface area (Å²) in [5, 5.41) is 6.89. The molecule has 1 aromatic heterocycles. The summed E-state index contributed by atoms with van der Waals surface area (Å²) >= 11 is 0. The molecule has 1 aliphatic rings. The highest BCUT2D eigenvalue weighted by atomic mass is 16.2. The van der Waals surface area contributed by atoms with Crippen molar-refractivity contribution in [2.24, 2.45) is 5.92 Å². The van der Waals surface area contributed by atoms with Crippen LogP contribution in [0.25, 0.3) is 0 Å². The molecule has 0 radical (unpaired) electrons. The lowest BCUT2D eigenvalue weighted by atomic mass is 9.96. The second kappa shape index (κ2) is 6.35. The number of hydrogen-bond donors (Lipinski definition) is 1. The molecular weight excluding hydrogens is 254 g/mol. The fourth-order valence-electron chi connectivity index (χ4n) is 2.60. The Morgan fingerprint density at radius 3 is 2.55 bits per heavy atom. The Balaban J connectivity index is 1.91. The Labute approximate surface area is 120 Å². The Kier molecular flexibility index (Phi) is 4.75. The maximum atomic E-state index is 12.3. The molecule has 112 valence electrons. The van der Waals surface area contributed by atoms with Crippen molar-refractivity contribution in [3.63, 3.8) is 0 Å². The highest BCUT2D eigenvalue weighted by molar-refractivity contribution is 5.90. The second-order valence-electron chi connectivity index (χ2n) is 6.20. The number of rotatable bonds is 4. The van der Waals surface area contributed by atoms with Gasteiger partial charge in [0.15, 0.2) is 0 Å². The molecule has 1 aromatic rings. The molecular formula is C14H25N5O. The van der Waals surface area contributed by atoms with Crippen molar-refractivity contribution in [1.29, 1.82) is 0 Å². The number of amides is 1. The van der Waals surface area contributed by atoms with E-state index in [0.717, 1.165) is 38.3 Å². The van der Waals surface area contributed by atoms with E-state index in [-0.39, 0.29) is 11.8 Å². The average Bonchev–Trinajstić information content (AvgIpc) is 2.88. The number of piperidine rings is 1. The Morgan fingerprint density at radius 2 is 2.05 bits per heavy atom. The molecule has 0 aromatic carbocycles. The minimum absolute atomic E-state index is 0.0450. The normalized spacial score (nSPS) is 17.2. The van der Waals surface area contributed by atoms with Gasteiger partial charge in [-0.2, -0.15) is 0 Å². The van der Waals surface area contributed by atoms with Crippen molar-refractivity contribution >= 4 is 5.91 Å². The van der Waals surface area contributed by atoms with E-state index in [1.807, 2.05) is 18.7 Å². The van der Waals surface area contributed by atoms with Crippen molar-refractivity contribution in [3.05, 3.63) is 11.6 Å². The highest BCUT2D eigenvalue weighted by Crippen LogP contribution is 2.19. The van der Waals surface area contributed by atoms with Crippen molar-refractivity contribution < 1.29 is 4.79 Å². The van der Waals surface area contributed by atoms with Crippen molar-refractivity contribution in [3.8, 4) is 0 Å². The van der Waals surface area contributed by atoms with E-state index in [1.54, 1.807) is 0 Å². The van der Waals surface area contributed by atoms with Crippen LogP contribution in [-0.4, -0.2) is 64.6 Å². The molecule has 1 N–H and O–H groups in total. The third-order valence-corrected chi connectivity index (χ3v) is 3.77. The maximum Gasteiger partial charge on any atom is 0.293 e. The quantitative estimate of drug-likeness (QED) is 0.903. The van der Waals surface area contributed by atoms with Crippen LogP contribution in [0.4, 0.5) is 0 Å². The van der Waals surface area contributed by atoms with Crippen LogP contribution in [0, 0.1) is 5.92 Å². The van der Waals surface area contributed by atoms with E-state index < -0.39 is 0 Å². The summed E-state index contributed by atoms with van der Waals surface area (Å²) in [5.41, 5.74) is 0. The topological polar surface area (TPSA) is 65.1 Å². The van der Waals surface area contributed by atoms with Crippen LogP contribution in [0.3, 0.4) is 0 Å². The van der Waals surface area contributed by atoms with Gasteiger partial charge in [0, 0.05) is 25.6 Å². The lowest BCUT2D eigenvalue weighted by Crippen LogP contribution is -2.41. The number of aromatic amines is 1. The molecule has 1 saturated heterocycles. The van der Waals surface area contributed by atoms with Gasteiger partial charge in [0.2, 0.25) is 5.82 Å². The average molecular weight is 279 g/mol. The number of carbonyl (C=O) groups is 1. The molecule has 0 saturated carbocycles. The van der Waals surface area contributed by atoms with Crippen molar-refractivity contribution in [1.82, 2.24) is 25.0 Å². The van der Waals surface area contributed by atoms with E-state index in [0.29, 0.717) is 11.7 Å². The zero-order valence-electron chi connectivity index (χ0n) is 12.9. The first-order chi connectivity index (χ1) is 9.47. The highest BCUT2D eigenvalue weighted by Gasteiger charge is 2.26. The molecule has 0 unspecified atom stereocenters. The third kappa shape index (κ3) is 3.56. The van der Waals surface area contributed by atoms with Gasteiger partial charge >= 0.3 is 0 Å². The van der Waals surface area contributed by atoms with Gasteiger partial charge in [-0.3, -0.25) is 9.89 Å². The van der Waals surface area contributed by atoms with Crippen LogP contribution < -0.4 is 0 Å². The minimum atomic E-state index is -0.0450. The Hall–Kier alpha value is -1.43. The van der Waals surface area contributed by atoms with Crippen LogP contribution >= 0.6 is 0 Å². The van der Waals surface area contributed by atoms with Gasteiger partial charge in [-0.25, -0.2) is 4.98 Å². The SMILES string of the molecule is CC(C)c1nc(C(=O)N2CCC(CN(C)C)CC2)n[nH]1. The van der Waals surface area contributed by atoms with Gasteiger partial charge in [-0.1, -0.05) is 13.8 Å². The minimum Gasteiger partial charge on any atom is -0.336 e. The number of nitrogens with zero attached hydrogens (tertiary/aromatic N) is 4. The largest absolute Gasteiger partial charge is 0.336 e. The van der Waals surface area contributed by atoms with Gasteiger partial charge in [-0.05, 0) is 32.9 Å². The first-order valence-corrected chi connectivity index (χ1v) is 7.33. The van der Waals surface area contributed by atoms with Crippen molar-refractivity contribution in [2.45, 2.75) is 32.6 Å². The summed E-state index contributed by atoms with van der Waals surface area (Å²) in [6, 6.07) is 0.